The molecule has 0 N–H and O–H groups in total. The van der Waals surface area contributed by atoms with Crippen LogP contribution in [0.5, 0.6) is 0 Å². The summed E-state index contributed by atoms with van der Waals surface area (Å²) in [4.78, 5) is 0. The van der Waals surface area contributed by atoms with Crippen LogP contribution in [0.15, 0.2) is 0 Å². The summed E-state index contributed by atoms with van der Waals surface area (Å²) in [5.74, 6) is -0.219. The van der Waals surface area contributed by atoms with Gasteiger partial charge in [-0.05, 0) is 12.3 Å². The molecule has 1 atom stereocenters. The molecule has 0 rings (SSSR count). The summed E-state index contributed by atoms with van der Waals surface area (Å²) < 4.78 is 60.1. The number of halogens is 5. The number of hydrogen-bond donors (Lipinski definition) is 0. The molecule has 18 heavy (non-hydrogen) atoms. The fourth-order valence-electron chi connectivity index (χ4n) is 2.00. The van der Waals surface area contributed by atoms with E-state index in [0.29, 0.717) is 12.8 Å². The van der Waals surface area contributed by atoms with Crippen LogP contribution < -0.4 is 0 Å². The number of hydrogen-bond acceptors (Lipinski definition) is 0. The minimum absolute atomic E-state index is 0.0190. The van der Waals surface area contributed by atoms with Crippen LogP contribution in [-0.2, 0) is 0 Å². The Hall–Kier alpha value is 0.0838. The lowest BCUT2D eigenvalue weighted by atomic mass is 10.2. The van der Waals surface area contributed by atoms with Crippen LogP contribution in [0.4, 0.5) is 21.1 Å². The third kappa shape index (κ3) is 14.1. The molecule has 0 fully saturated rings. The van der Waals surface area contributed by atoms with E-state index in [0.717, 1.165) is 24.9 Å². The monoisotopic (exact) mass is 306 g/mol. The lowest BCUT2D eigenvalue weighted by molar-refractivity contribution is 0.134. The molecule has 0 aromatic carbocycles. The van der Waals surface area contributed by atoms with Crippen molar-refractivity contribution in [1.29, 1.82) is 0 Å². The summed E-state index contributed by atoms with van der Waals surface area (Å²) in [5, 5.41) is 0. The van der Waals surface area contributed by atoms with E-state index in [1.54, 1.807) is 6.92 Å². The first kappa shape index (κ1) is 18.1. The van der Waals surface area contributed by atoms with Gasteiger partial charge in [-0.2, -0.15) is 0 Å². The van der Waals surface area contributed by atoms with E-state index in [1.807, 2.05) is 0 Å². The zero-order chi connectivity index (χ0) is 14.0. The van der Waals surface area contributed by atoms with E-state index in [1.165, 1.54) is 0 Å². The lowest BCUT2D eigenvalue weighted by Crippen LogP contribution is -2.18. The quantitative estimate of drug-likeness (QED) is 0.225. The van der Waals surface area contributed by atoms with E-state index in [-0.39, 0.29) is 21.9 Å². The van der Waals surface area contributed by atoms with Crippen molar-refractivity contribution in [3.63, 3.8) is 0 Å². The van der Waals surface area contributed by atoms with Crippen LogP contribution in [-0.4, -0.2) is 25.0 Å². The van der Waals surface area contributed by atoms with Crippen LogP contribution in [0.3, 0.4) is 0 Å². The van der Waals surface area contributed by atoms with E-state index >= 15 is 0 Å². The Balaban J connectivity index is 3.25. The lowest BCUT2D eigenvalue weighted by Gasteiger charge is -2.11. The highest BCUT2D eigenvalue weighted by Crippen LogP contribution is 2.24. The predicted molar refractivity (Wildman–Crippen MR) is 70.3 cm³/mol. The molecular formula is C11H23F5Si2. The number of rotatable bonds is 11. The van der Waals surface area contributed by atoms with Crippen molar-refractivity contribution in [2.24, 2.45) is 5.92 Å². The van der Waals surface area contributed by atoms with Crippen molar-refractivity contribution >= 4 is 18.6 Å². The topological polar surface area (TPSA) is 0 Å². The molecule has 0 saturated heterocycles. The molecule has 0 saturated carbocycles. The summed E-state index contributed by atoms with van der Waals surface area (Å²) in [7, 11) is -5.64. The van der Waals surface area contributed by atoms with Crippen molar-refractivity contribution in [1.82, 2.24) is 0 Å². The molecule has 0 heterocycles. The third-order valence-electron chi connectivity index (χ3n) is 2.95. The van der Waals surface area contributed by atoms with Crippen LogP contribution in [0.1, 0.15) is 39.0 Å². The van der Waals surface area contributed by atoms with Gasteiger partial charge in [-0.1, -0.05) is 38.3 Å². The Morgan fingerprint density at radius 1 is 0.944 bits per heavy atom. The van der Waals surface area contributed by atoms with Gasteiger partial charge in [-0.3, -0.25) is 0 Å². The zero-order valence-electron chi connectivity index (χ0n) is 10.9. The Labute approximate surface area is 110 Å². The highest BCUT2D eigenvalue weighted by atomic mass is 28.5. The van der Waals surface area contributed by atoms with Gasteiger partial charge in [0.05, 0.1) is 0 Å². The second-order valence-corrected chi connectivity index (χ2v) is 8.77. The van der Waals surface area contributed by atoms with Gasteiger partial charge >= 0.3 is 9.08 Å². The first-order valence-corrected chi connectivity index (χ1v) is 10.5. The van der Waals surface area contributed by atoms with E-state index < -0.39 is 21.5 Å². The maximum atomic E-state index is 12.2. The average Bonchev–Trinajstić information content (AvgIpc) is 2.18. The molecule has 7 heteroatoms. The highest BCUT2D eigenvalue weighted by molar-refractivity contribution is 6.58. The molecule has 0 aliphatic carbocycles. The fourth-order valence-corrected chi connectivity index (χ4v) is 5.04. The maximum absolute atomic E-state index is 12.2. The van der Waals surface area contributed by atoms with Gasteiger partial charge < -0.3 is 0 Å². The molecule has 0 aromatic rings. The summed E-state index contributed by atoms with van der Waals surface area (Å²) in [5.41, 5.74) is 0. The van der Waals surface area contributed by atoms with Gasteiger partial charge in [0, 0.05) is 22.0 Å². The SMILES string of the molecule is CC(CC[SiH2]CCCCCC(F)F)C[Si](F)(F)F. The molecule has 0 radical (unpaired) electrons. The molecule has 0 spiro atoms. The summed E-state index contributed by atoms with van der Waals surface area (Å²) in [6.45, 7) is 1.68. The minimum atomic E-state index is -5.37. The minimum Gasteiger partial charge on any atom is -0.238 e. The van der Waals surface area contributed by atoms with Gasteiger partial charge in [0.25, 0.3) is 0 Å². The number of alkyl halides is 2. The van der Waals surface area contributed by atoms with Gasteiger partial charge in [-0.15, -0.1) is 0 Å². The van der Waals surface area contributed by atoms with E-state index in [9.17, 15) is 21.1 Å². The first-order valence-electron chi connectivity index (χ1n) is 6.66. The van der Waals surface area contributed by atoms with Crippen LogP contribution in [0.2, 0.25) is 18.1 Å². The molecule has 1 unspecified atom stereocenters. The predicted octanol–water partition coefficient (Wildman–Crippen LogP) is 4.69. The molecular weight excluding hydrogens is 283 g/mol. The highest BCUT2D eigenvalue weighted by Gasteiger charge is 2.37. The zero-order valence-corrected chi connectivity index (χ0v) is 13.3. The fraction of sp³-hybridized carbons (Fsp3) is 1.00. The van der Waals surface area contributed by atoms with Crippen molar-refractivity contribution in [2.75, 3.05) is 0 Å². The van der Waals surface area contributed by atoms with Crippen molar-refractivity contribution in [2.45, 2.75) is 63.6 Å². The summed E-state index contributed by atoms with van der Waals surface area (Å²) >= 11 is 0. The van der Waals surface area contributed by atoms with E-state index in [4.69, 9.17) is 0 Å². The molecule has 0 bridgehead atoms. The smallest absolute Gasteiger partial charge is 0.238 e. The Kier molecular flexibility index (Phi) is 9.99. The molecule has 0 aliphatic rings. The van der Waals surface area contributed by atoms with E-state index in [2.05, 4.69) is 0 Å². The van der Waals surface area contributed by atoms with Crippen LogP contribution in [0, 0.1) is 5.92 Å². The third-order valence-corrected chi connectivity index (χ3v) is 6.02. The Bertz CT molecular complexity index is 196. The van der Waals surface area contributed by atoms with Crippen molar-refractivity contribution in [3.8, 4) is 0 Å². The average molecular weight is 306 g/mol. The van der Waals surface area contributed by atoms with Crippen LogP contribution in [0.25, 0.3) is 0 Å². The van der Waals surface area contributed by atoms with Gasteiger partial charge in [0.15, 0.2) is 0 Å². The van der Waals surface area contributed by atoms with Crippen molar-refractivity contribution < 1.29 is 21.1 Å². The first-order chi connectivity index (χ1) is 8.31. The molecule has 0 aliphatic heterocycles. The van der Waals surface area contributed by atoms with Crippen molar-refractivity contribution in [3.05, 3.63) is 0 Å². The molecule has 0 amide bonds. The summed E-state index contributed by atoms with van der Waals surface area (Å²) in [6, 6.07) is 1.50. The maximum Gasteiger partial charge on any atom is 0.616 e. The molecule has 110 valence electrons. The Morgan fingerprint density at radius 2 is 1.61 bits per heavy atom. The van der Waals surface area contributed by atoms with Gasteiger partial charge in [0.2, 0.25) is 6.43 Å². The Morgan fingerprint density at radius 3 is 2.17 bits per heavy atom. The second kappa shape index (κ2) is 9.94. The molecule has 0 aromatic heterocycles. The molecule has 0 nitrogen and oxygen atoms in total. The van der Waals surface area contributed by atoms with Gasteiger partial charge in [-0.25, -0.2) is 21.1 Å². The number of unbranched alkanes of at least 4 members (excludes halogenated alkanes) is 2. The second-order valence-electron chi connectivity index (χ2n) is 5.01. The standard InChI is InChI=1S/C11H23F5Si2/c1-10(9-18(14,15)16)6-8-17-7-4-2-3-5-11(12)13/h10-11H,2-9,17H2,1H3. The normalized spacial score (nSPS) is 14.8. The summed E-state index contributed by atoms with van der Waals surface area (Å²) in [6.07, 6.45) is 0.853. The van der Waals surface area contributed by atoms with Gasteiger partial charge in [0.1, 0.15) is 0 Å². The largest absolute Gasteiger partial charge is 0.616 e. The van der Waals surface area contributed by atoms with Crippen LogP contribution >= 0.6 is 0 Å².